The molecule has 1 aromatic heterocycles. The first-order chi connectivity index (χ1) is 16.0. The van der Waals surface area contributed by atoms with Gasteiger partial charge in [-0.3, -0.25) is 9.36 Å². The molecule has 0 saturated carbocycles. The van der Waals surface area contributed by atoms with E-state index >= 15 is 0 Å². The molecule has 0 aliphatic carbocycles. The van der Waals surface area contributed by atoms with E-state index in [9.17, 15) is 9.59 Å². The molecule has 3 aromatic carbocycles. The van der Waals surface area contributed by atoms with Gasteiger partial charge in [-0.15, -0.1) is 0 Å². The van der Waals surface area contributed by atoms with Crippen LogP contribution in [-0.2, 0) is 0 Å². The van der Waals surface area contributed by atoms with Gasteiger partial charge in [-0.25, -0.2) is 9.78 Å². The summed E-state index contributed by atoms with van der Waals surface area (Å²) < 4.78 is 2.51. The zero-order valence-electron chi connectivity index (χ0n) is 18.5. The Labute approximate surface area is 201 Å². The zero-order chi connectivity index (χ0) is 23.4. The van der Waals surface area contributed by atoms with E-state index in [1.165, 1.54) is 0 Å². The van der Waals surface area contributed by atoms with Crippen LogP contribution in [0.4, 0.5) is 10.5 Å². The van der Waals surface area contributed by atoms with Crippen molar-refractivity contribution in [2.75, 3.05) is 11.9 Å². The van der Waals surface area contributed by atoms with E-state index < -0.39 is 6.04 Å². The first-order valence-corrected chi connectivity index (χ1v) is 11.7. The minimum atomic E-state index is -0.403. The summed E-state index contributed by atoms with van der Waals surface area (Å²) in [6, 6.07) is 23.6. The van der Waals surface area contributed by atoms with Crippen molar-refractivity contribution >= 4 is 38.6 Å². The third kappa shape index (κ3) is 4.68. The number of carbonyl (C=O) groups excluding carboxylic acids is 1. The number of amides is 2. The highest BCUT2D eigenvalue weighted by Gasteiger charge is 2.28. The van der Waals surface area contributed by atoms with Crippen molar-refractivity contribution < 1.29 is 4.79 Å². The molecular formula is C26H25BrN4O2. The molecule has 0 aliphatic heterocycles. The van der Waals surface area contributed by atoms with E-state index in [4.69, 9.17) is 4.98 Å². The smallest absolute Gasteiger partial charge is 0.315 e. The van der Waals surface area contributed by atoms with Crippen molar-refractivity contribution in [1.82, 2.24) is 14.5 Å². The molecule has 168 valence electrons. The van der Waals surface area contributed by atoms with Crippen molar-refractivity contribution in [2.24, 2.45) is 0 Å². The summed E-state index contributed by atoms with van der Waals surface area (Å²) in [6.07, 6.45) is 0.595. The highest BCUT2D eigenvalue weighted by atomic mass is 79.9. The van der Waals surface area contributed by atoms with Gasteiger partial charge in [0.15, 0.2) is 0 Å². The molecule has 4 rings (SSSR count). The van der Waals surface area contributed by atoms with E-state index in [1.54, 1.807) is 15.5 Å². The molecule has 4 aromatic rings. The summed E-state index contributed by atoms with van der Waals surface area (Å²) in [7, 11) is 0. The number of urea groups is 1. The predicted molar refractivity (Wildman–Crippen MR) is 136 cm³/mol. The number of halogens is 1. The number of anilines is 1. The Balaban J connectivity index is 1.84. The number of fused-ring (bicyclic) bond motifs is 1. The maximum Gasteiger partial charge on any atom is 0.322 e. The fraction of sp³-hybridized carbons (Fsp3) is 0.192. The Morgan fingerprint density at radius 1 is 1.03 bits per heavy atom. The van der Waals surface area contributed by atoms with Crippen molar-refractivity contribution in [3.05, 3.63) is 99.5 Å². The largest absolute Gasteiger partial charge is 0.322 e. The summed E-state index contributed by atoms with van der Waals surface area (Å²) in [5, 5.41) is 3.51. The summed E-state index contributed by atoms with van der Waals surface area (Å²) in [5.41, 5.74) is 1.88. The minimum absolute atomic E-state index is 0.149. The summed E-state index contributed by atoms with van der Waals surface area (Å²) >= 11 is 3.44. The quantitative estimate of drug-likeness (QED) is 0.342. The average Bonchev–Trinajstić information content (AvgIpc) is 2.83. The molecule has 1 heterocycles. The molecule has 0 spiro atoms. The van der Waals surface area contributed by atoms with Gasteiger partial charge in [-0.05, 0) is 55.8 Å². The fourth-order valence-corrected chi connectivity index (χ4v) is 4.41. The van der Waals surface area contributed by atoms with Crippen LogP contribution in [0.5, 0.6) is 0 Å². The van der Waals surface area contributed by atoms with Crippen LogP contribution in [0.15, 0.2) is 88.1 Å². The van der Waals surface area contributed by atoms with E-state index in [-0.39, 0.29) is 11.6 Å². The first-order valence-electron chi connectivity index (χ1n) is 10.9. The molecule has 1 N–H and O–H groups in total. The molecule has 1 atom stereocenters. The molecule has 6 nitrogen and oxygen atoms in total. The van der Waals surface area contributed by atoms with Gasteiger partial charge in [0.1, 0.15) is 5.82 Å². The van der Waals surface area contributed by atoms with Gasteiger partial charge in [-0.2, -0.15) is 0 Å². The van der Waals surface area contributed by atoms with Crippen LogP contribution in [0.3, 0.4) is 0 Å². The molecule has 0 saturated heterocycles. The lowest BCUT2D eigenvalue weighted by molar-refractivity contribution is 0.185. The third-order valence-electron chi connectivity index (χ3n) is 5.55. The van der Waals surface area contributed by atoms with Gasteiger partial charge in [0.2, 0.25) is 0 Å². The average molecular weight is 505 g/mol. The number of nitrogens with one attached hydrogen (secondary N) is 1. The Bertz CT molecular complexity index is 1340. The van der Waals surface area contributed by atoms with Crippen LogP contribution in [0.25, 0.3) is 16.6 Å². The molecule has 1 unspecified atom stereocenters. The lowest BCUT2D eigenvalue weighted by Crippen LogP contribution is -2.40. The number of aromatic nitrogens is 2. The third-order valence-corrected chi connectivity index (χ3v) is 6.05. The van der Waals surface area contributed by atoms with Crippen LogP contribution < -0.4 is 10.9 Å². The summed E-state index contributed by atoms with van der Waals surface area (Å²) in [6.45, 7) is 4.38. The Morgan fingerprint density at radius 3 is 2.45 bits per heavy atom. The maximum absolute atomic E-state index is 13.6. The van der Waals surface area contributed by atoms with E-state index in [1.807, 2.05) is 86.6 Å². The van der Waals surface area contributed by atoms with Crippen LogP contribution >= 0.6 is 15.9 Å². The molecular weight excluding hydrogens is 480 g/mol. The van der Waals surface area contributed by atoms with Crippen LogP contribution in [-0.4, -0.2) is 27.0 Å². The van der Waals surface area contributed by atoms with E-state index in [2.05, 4.69) is 21.2 Å². The van der Waals surface area contributed by atoms with Crippen LogP contribution in [0.2, 0.25) is 0 Å². The highest BCUT2D eigenvalue weighted by molar-refractivity contribution is 9.10. The molecule has 7 heteroatoms. The second kappa shape index (κ2) is 10.0. The highest BCUT2D eigenvalue weighted by Crippen LogP contribution is 2.27. The summed E-state index contributed by atoms with van der Waals surface area (Å²) in [4.78, 5) is 33.5. The summed E-state index contributed by atoms with van der Waals surface area (Å²) in [5.74, 6) is 0.540. The zero-order valence-corrected chi connectivity index (χ0v) is 20.1. The van der Waals surface area contributed by atoms with Gasteiger partial charge in [0.25, 0.3) is 5.56 Å². The van der Waals surface area contributed by atoms with Gasteiger partial charge < -0.3 is 10.2 Å². The molecule has 0 radical (unpaired) electrons. The SMILES string of the molecule is CCC(c1nc2ccccc2c(=O)n1-c1ccccc1)N(CC)C(=O)Nc1cccc(Br)c1. The Hall–Kier alpha value is -3.45. The van der Waals surface area contributed by atoms with Crippen molar-refractivity contribution in [1.29, 1.82) is 0 Å². The standard InChI is InChI=1S/C26H25BrN4O2/c1-3-23(30(4-2)26(33)28-19-12-10-11-18(27)17-19)24-29-22-16-9-8-15-21(22)25(32)31(24)20-13-6-5-7-14-20/h5-17,23H,3-4H2,1-2H3,(H,28,33). The lowest BCUT2D eigenvalue weighted by atomic mass is 10.1. The number of hydrogen-bond acceptors (Lipinski definition) is 3. The maximum atomic E-state index is 13.6. The monoisotopic (exact) mass is 504 g/mol. The van der Waals surface area contributed by atoms with Gasteiger partial charge in [-0.1, -0.05) is 59.3 Å². The number of para-hydroxylation sites is 2. The van der Waals surface area contributed by atoms with E-state index in [0.717, 1.165) is 10.2 Å². The van der Waals surface area contributed by atoms with Crippen LogP contribution in [0, 0.1) is 0 Å². The number of benzene rings is 3. The molecule has 0 fully saturated rings. The molecule has 0 bridgehead atoms. The second-order valence-electron chi connectivity index (χ2n) is 7.61. The van der Waals surface area contributed by atoms with Crippen molar-refractivity contribution in [3.8, 4) is 5.69 Å². The Kier molecular flexibility index (Phi) is 6.89. The van der Waals surface area contributed by atoms with Crippen molar-refractivity contribution in [2.45, 2.75) is 26.3 Å². The molecule has 2 amide bonds. The Morgan fingerprint density at radius 2 is 1.76 bits per heavy atom. The topological polar surface area (TPSA) is 67.2 Å². The normalized spacial score (nSPS) is 11.8. The van der Waals surface area contributed by atoms with Crippen LogP contribution in [0.1, 0.15) is 32.1 Å². The second-order valence-corrected chi connectivity index (χ2v) is 8.53. The number of carbonyl (C=O) groups is 1. The molecule has 0 aliphatic rings. The molecule has 33 heavy (non-hydrogen) atoms. The van der Waals surface area contributed by atoms with Gasteiger partial charge in [0, 0.05) is 16.7 Å². The predicted octanol–water partition coefficient (Wildman–Crippen LogP) is 6.15. The van der Waals surface area contributed by atoms with E-state index in [0.29, 0.717) is 35.4 Å². The number of nitrogens with zero attached hydrogens (tertiary/aromatic N) is 3. The van der Waals surface area contributed by atoms with Gasteiger partial charge >= 0.3 is 6.03 Å². The van der Waals surface area contributed by atoms with Gasteiger partial charge in [0.05, 0.1) is 22.6 Å². The fourth-order valence-electron chi connectivity index (χ4n) is 4.01. The number of hydrogen-bond donors (Lipinski definition) is 1. The first kappa shape index (κ1) is 22.7. The number of rotatable bonds is 6. The minimum Gasteiger partial charge on any atom is -0.315 e. The lowest BCUT2D eigenvalue weighted by Gasteiger charge is -2.31. The van der Waals surface area contributed by atoms with Crippen molar-refractivity contribution in [3.63, 3.8) is 0 Å².